The number of rotatable bonds is 6. The lowest BCUT2D eigenvalue weighted by molar-refractivity contribution is -0.155. The van der Waals surface area contributed by atoms with Crippen LogP contribution >= 0.6 is 0 Å². The van der Waals surface area contributed by atoms with Crippen LogP contribution in [0.15, 0.2) is 61.1 Å². The normalized spacial score (nSPS) is 26.0. The molecule has 31 heavy (non-hydrogen) atoms. The third-order valence-electron chi connectivity index (χ3n) is 6.90. The molecule has 5 rings (SSSR count). The SMILES string of the molecule is Cn1ccnc1C1(O)C2CCCC1CN(Cc1cccc(OCc3ccccn3)c1)C2. The number of imidazole rings is 1. The van der Waals surface area contributed by atoms with Crippen LogP contribution in [0.1, 0.15) is 36.3 Å². The Morgan fingerprint density at radius 3 is 2.61 bits per heavy atom. The molecule has 2 aliphatic rings. The van der Waals surface area contributed by atoms with Crippen LogP contribution in [0.5, 0.6) is 5.75 Å². The smallest absolute Gasteiger partial charge is 0.141 e. The summed E-state index contributed by atoms with van der Waals surface area (Å²) in [5.74, 6) is 2.12. The van der Waals surface area contributed by atoms with E-state index in [-0.39, 0.29) is 11.8 Å². The largest absolute Gasteiger partial charge is 0.487 e. The first-order chi connectivity index (χ1) is 15.1. The maximum absolute atomic E-state index is 11.8. The maximum Gasteiger partial charge on any atom is 0.141 e. The molecular weight excluding hydrogens is 388 g/mol. The number of fused-ring (bicyclic) bond motifs is 2. The molecule has 2 aromatic heterocycles. The van der Waals surface area contributed by atoms with Gasteiger partial charge in [0.25, 0.3) is 0 Å². The van der Waals surface area contributed by atoms with Crippen molar-refractivity contribution >= 4 is 0 Å². The minimum absolute atomic E-state index is 0.213. The Morgan fingerprint density at radius 1 is 1.06 bits per heavy atom. The van der Waals surface area contributed by atoms with E-state index >= 15 is 0 Å². The molecule has 2 unspecified atom stereocenters. The number of benzene rings is 1. The average Bonchev–Trinajstić information content (AvgIpc) is 3.21. The van der Waals surface area contributed by atoms with Crippen molar-refractivity contribution in [1.29, 1.82) is 0 Å². The first-order valence-electron chi connectivity index (χ1n) is 11.2. The summed E-state index contributed by atoms with van der Waals surface area (Å²) in [6, 6.07) is 14.2. The highest BCUT2D eigenvalue weighted by Crippen LogP contribution is 2.48. The third-order valence-corrected chi connectivity index (χ3v) is 6.90. The van der Waals surface area contributed by atoms with Gasteiger partial charge in [-0.3, -0.25) is 9.88 Å². The van der Waals surface area contributed by atoms with Crippen molar-refractivity contribution in [3.8, 4) is 5.75 Å². The summed E-state index contributed by atoms with van der Waals surface area (Å²) in [5, 5.41) is 11.8. The van der Waals surface area contributed by atoms with Gasteiger partial charge in [0.05, 0.1) is 5.69 Å². The second-order valence-electron chi connectivity index (χ2n) is 8.96. The van der Waals surface area contributed by atoms with Crippen LogP contribution in [0.4, 0.5) is 0 Å². The standard InChI is InChI=1S/C25H30N4O2/c1-28-13-12-27-24(28)25(30)20-7-5-8-21(25)17-29(16-20)15-19-6-4-10-23(14-19)31-18-22-9-2-3-11-26-22/h2-4,6,9-14,20-21,30H,5,7-8,15-18H2,1H3. The van der Waals surface area contributed by atoms with Gasteiger partial charge in [0.2, 0.25) is 0 Å². The lowest BCUT2D eigenvalue weighted by atomic mass is 9.65. The number of pyridine rings is 1. The van der Waals surface area contributed by atoms with Crippen molar-refractivity contribution in [2.24, 2.45) is 18.9 Å². The van der Waals surface area contributed by atoms with E-state index < -0.39 is 5.60 Å². The number of hydrogen-bond acceptors (Lipinski definition) is 5. The zero-order valence-electron chi connectivity index (χ0n) is 18.0. The van der Waals surface area contributed by atoms with E-state index in [1.165, 1.54) is 12.0 Å². The maximum atomic E-state index is 11.8. The highest BCUT2D eigenvalue weighted by atomic mass is 16.5. The Kier molecular flexibility index (Phi) is 5.50. The molecule has 3 heterocycles. The first-order valence-corrected chi connectivity index (χ1v) is 11.2. The second kappa shape index (κ2) is 8.44. The van der Waals surface area contributed by atoms with Gasteiger partial charge in [-0.1, -0.05) is 24.6 Å². The van der Waals surface area contributed by atoms with Gasteiger partial charge in [-0.2, -0.15) is 0 Å². The summed E-state index contributed by atoms with van der Waals surface area (Å²) in [6.45, 7) is 3.11. The Morgan fingerprint density at radius 2 is 1.90 bits per heavy atom. The molecule has 1 saturated heterocycles. The fourth-order valence-electron chi connectivity index (χ4n) is 5.42. The van der Waals surface area contributed by atoms with Gasteiger partial charge < -0.3 is 14.4 Å². The van der Waals surface area contributed by atoms with Crippen LogP contribution in [0.3, 0.4) is 0 Å². The van der Waals surface area contributed by atoms with Crippen molar-refractivity contribution in [2.75, 3.05) is 13.1 Å². The molecule has 1 saturated carbocycles. The van der Waals surface area contributed by atoms with Crippen LogP contribution in [0, 0.1) is 11.8 Å². The molecule has 1 aromatic carbocycles. The van der Waals surface area contributed by atoms with E-state index in [1.54, 1.807) is 12.4 Å². The lowest BCUT2D eigenvalue weighted by Gasteiger charge is -2.52. The molecule has 0 amide bonds. The summed E-state index contributed by atoms with van der Waals surface area (Å²) >= 11 is 0. The topological polar surface area (TPSA) is 63.4 Å². The molecule has 1 aliphatic heterocycles. The average molecular weight is 419 g/mol. The minimum atomic E-state index is -0.819. The minimum Gasteiger partial charge on any atom is -0.487 e. The van der Waals surface area contributed by atoms with E-state index in [2.05, 4.69) is 33.1 Å². The van der Waals surface area contributed by atoms with Crippen LogP contribution in [-0.2, 0) is 25.8 Å². The zero-order chi connectivity index (χ0) is 21.3. The zero-order valence-corrected chi connectivity index (χ0v) is 18.0. The number of piperidine rings is 1. The highest BCUT2D eigenvalue weighted by molar-refractivity contribution is 5.29. The second-order valence-corrected chi connectivity index (χ2v) is 8.96. The van der Waals surface area contributed by atoms with E-state index in [0.29, 0.717) is 6.61 Å². The Labute approximate surface area is 183 Å². The molecule has 2 atom stereocenters. The summed E-state index contributed by atoms with van der Waals surface area (Å²) in [5.41, 5.74) is 1.34. The van der Waals surface area contributed by atoms with Crippen molar-refractivity contribution in [1.82, 2.24) is 19.4 Å². The number of likely N-dealkylation sites (tertiary alicyclic amines) is 1. The Hall–Kier alpha value is -2.70. The number of hydrogen-bond donors (Lipinski definition) is 1. The fraction of sp³-hybridized carbons (Fsp3) is 0.440. The Balaban J connectivity index is 1.27. The van der Waals surface area contributed by atoms with Crippen molar-refractivity contribution in [3.05, 3.63) is 78.1 Å². The molecule has 2 bridgehead atoms. The summed E-state index contributed by atoms with van der Waals surface area (Å²) in [6.07, 6.45) is 8.80. The molecule has 1 N–H and O–H groups in total. The van der Waals surface area contributed by atoms with Gasteiger partial charge in [0.15, 0.2) is 0 Å². The predicted octanol–water partition coefficient (Wildman–Crippen LogP) is 3.51. The first kappa shape index (κ1) is 20.2. The summed E-state index contributed by atoms with van der Waals surface area (Å²) < 4.78 is 7.95. The van der Waals surface area contributed by atoms with Crippen LogP contribution < -0.4 is 4.74 Å². The van der Waals surface area contributed by atoms with Crippen molar-refractivity contribution in [2.45, 2.75) is 38.0 Å². The number of aliphatic hydroxyl groups is 1. The lowest BCUT2D eigenvalue weighted by Crippen LogP contribution is -2.58. The summed E-state index contributed by atoms with van der Waals surface area (Å²) in [7, 11) is 1.98. The molecule has 1 aliphatic carbocycles. The number of aromatic nitrogens is 3. The van der Waals surface area contributed by atoms with Crippen LogP contribution in [0.25, 0.3) is 0 Å². The molecule has 6 nitrogen and oxygen atoms in total. The molecule has 162 valence electrons. The molecule has 0 radical (unpaired) electrons. The van der Waals surface area contributed by atoms with Gasteiger partial charge in [-0.25, -0.2) is 4.98 Å². The molecule has 3 aromatic rings. The monoisotopic (exact) mass is 418 g/mol. The van der Waals surface area contributed by atoms with E-state index in [9.17, 15) is 5.11 Å². The molecular formula is C25H30N4O2. The van der Waals surface area contributed by atoms with Gasteiger partial charge in [0, 0.05) is 57.1 Å². The molecule has 6 heteroatoms. The predicted molar refractivity (Wildman–Crippen MR) is 118 cm³/mol. The molecule has 2 fully saturated rings. The number of aryl methyl sites for hydroxylation is 1. The van der Waals surface area contributed by atoms with Crippen LogP contribution in [-0.4, -0.2) is 37.6 Å². The highest BCUT2D eigenvalue weighted by Gasteiger charge is 2.53. The number of nitrogens with zero attached hydrogens (tertiary/aromatic N) is 4. The fourth-order valence-corrected chi connectivity index (χ4v) is 5.42. The van der Waals surface area contributed by atoms with Gasteiger partial charge in [-0.15, -0.1) is 0 Å². The quantitative estimate of drug-likeness (QED) is 0.664. The number of ether oxygens (including phenoxy) is 1. The Bertz CT molecular complexity index is 1010. The van der Waals surface area contributed by atoms with E-state index in [1.807, 2.05) is 42.1 Å². The summed E-state index contributed by atoms with van der Waals surface area (Å²) in [4.78, 5) is 11.3. The van der Waals surface area contributed by atoms with E-state index in [0.717, 1.165) is 49.7 Å². The van der Waals surface area contributed by atoms with Gasteiger partial charge in [-0.05, 0) is 42.7 Å². The van der Waals surface area contributed by atoms with Gasteiger partial charge >= 0.3 is 0 Å². The van der Waals surface area contributed by atoms with Crippen LogP contribution in [0.2, 0.25) is 0 Å². The van der Waals surface area contributed by atoms with Crippen molar-refractivity contribution in [3.63, 3.8) is 0 Å². The molecule has 0 spiro atoms. The van der Waals surface area contributed by atoms with Crippen molar-refractivity contribution < 1.29 is 9.84 Å². The van der Waals surface area contributed by atoms with Gasteiger partial charge in [0.1, 0.15) is 23.8 Å². The third kappa shape index (κ3) is 3.98. The van der Waals surface area contributed by atoms with E-state index in [4.69, 9.17) is 4.74 Å².